The second kappa shape index (κ2) is 6.23. The zero-order valence-electron chi connectivity index (χ0n) is 11.0. The van der Waals surface area contributed by atoms with Crippen molar-refractivity contribution in [3.63, 3.8) is 0 Å². The molecule has 3 aromatic rings. The Kier molecular flexibility index (Phi) is 3.97. The second-order valence-corrected chi connectivity index (χ2v) is 5.23. The van der Waals surface area contributed by atoms with E-state index in [4.69, 9.17) is 0 Å². The van der Waals surface area contributed by atoms with E-state index in [2.05, 4.69) is 25.6 Å². The smallest absolute Gasteiger partial charge is 0.271 e. The van der Waals surface area contributed by atoms with Gasteiger partial charge in [0.25, 0.3) is 5.91 Å². The number of rotatable bonds is 5. The molecule has 0 aliphatic heterocycles. The van der Waals surface area contributed by atoms with Gasteiger partial charge in [-0.1, -0.05) is 6.07 Å². The molecule has 0 aliphatic rings. The Bertz CT molecular complexity index is 693. The molecule has 8 heteroatoms. The minimum absolute atomic E-state index is 0.232. The minimum Gasteiger partial charge on any atom is -0.350 e. The van der Waals surface area contributed by atoms with Crippen LogP contribution in [0.5, 0.6) is 0 Å². The zero-order valence-corrected chi connectivity index (χ0v) is 11.8. The van der Waals surface area contributed by atoms with E-state index < -0.39 is 0 Å². The fourth-order valence-corrected chi connectivity index (χ4v) is 2.45. The van der Waals surface area contributed by atoms with Crippen molar-refractivity contribution in [3.05, 3.63) is 52.9 Å². The van der Waals surface area contributed by atoms with Crippen LogP contribution in [0.2, 0.25) is 0 Å². The monoisotopic (exact) mass is 300 g/mol. The number of carbonyl (C=O) groups is 1. The molecule has 0 spiro atoms. The quantitative estimate of drug-likeness (QED) is 0.762. The van der Waals surface area contributed by atoms with Gasteiger partial charge in [0, 0.05) is 11.4 Å². The molecule has 0 atom stereocenters. The molecule has 21 heavy (non-hydrogen) atoms. The normalized spacial score (nSPS) is 10.5. The lowest BCUT2D eigenvalue weighted by molar-refractivity contribution is 0.0948. The van der Waals surface area contributed by atoms with Crippen LogP contribution in [-0.2, 0) is 6.42 Å². The van der Waals surface area contributed by atoms with Crippen LogP contribution in [0, 0.1) is 0 Å². The average molecular weight is 300 g/mol. The Morgan fingerprint density at radius 3 is 2.90 bits per heavy atom. The van der Waals surface area contributed by atoms with E-state index in [1.807, 2.05) is 17.5 Å². The van der Waals surface area contributed by atoms with Crippen molar-refractivity contribution < 1.29 is 4.79 Å². The lowest BCUT2D eigenvalue weighted by Gasteiger charge is -2.04. The van der Waals surface area contributed by atoms with Crippen LogP contribution in [0.4, 0.5) is 0 Å². The highest BCUT2D eigenvalue weighted by Crippen LogP contribution is 2.08. The molecule has 0 aliphatic carbocycles. The summed E-state index contributed by atoms with van der Waals surface area (Å²) in [5.41, 5.74) is 0.282. The van der Waals surface area contributed by atoms with Gasteiger partial charge in [-0.15, -0.1) is 21.5 Å². The van der Waals surface area contributed by atoms with E-state index in [1.54, 1.807) is 23.5 Å². The van der Waals surface area contributed by atoms with Crippen LogP contribution in [-0.4, -0.2) is 37.4 Å². The number of hydrogen-bond acceptors (Lipinski definition) is 6. The van der Waals surface area contributed by atoms with E-state index in [9.17, 15) is 4.79 Å². The Labute approximate surface area is 124 Å². The lowest BCUT2D eigenvalue weighted by atomic mass is 10.3. The van der Waals surface area contributed by atoms with Gasteiger partial charge in [-0.25, -0.2) is 9.67 Å². The Balaban J connectivity index is 1.57. The first kappa shape index (κ1) is 13.4. The third kappa shape index (κ3) is 3.29. The van der Waals surface area contributed by atoms with Gasteiger partial charge in [0.05, 0.1) is 0 Å². The maximum Gasteiger partial charge on any atom is 0.271 e. The fourth-order valence-electron chi connectivity index (χ4n) is 1.74. The Hall–Kier alpha value is -2.61. The summed E-state index contributed by atoms with van der Waals surface area (Å²) in [5.74, 6) is 0.284. The summed E-state index contributed by atoms with van der Waals surface area (Å²) in [6, 6.07) is 7.33. The lowest BCUT2D eigenvalue weighted by Crippen LogP contribution is -2.26. The molecule has 0 unspecified atom stereocenters. The number of amides is 1. The van der Waals surface area contributed by atoms with Crippen LogP contribution in [0.1, 0.15) is 15.4 Å². The van der Waals surface area contributed by atoms with Crippen molar-refractivity contribution in [1.29, 1.82) is 0 Å². The summed E-state index contributed by atoms with van der Waals surface area (Å²) >= 11 is 1.68. The Morgan fingerprint density at radius 2 is 2.24 bits per heavy atom. The molecular formula is C13H12N6OS. The molecule has 106 valence electrons. The van der Waals surface area contributed by atoms with Crippen LogP contribution in [0.15, 0.2) is 42.3 Å². The standard InChI is InChI=1S/C13H12N6OS/c20-13(15-6-5-10-2-1-7-21-10)11-3-4-12(18-17-11)19-9-14-8-16-19/h1-4,7-9H,5-6H2,(H,15,20). The topological polar surface area (TPSA) is 85.6 Å². The molecule has 0 radical (unpaired) electrons. The SMILES string of the molecule is O=C(NCCc1cccs1)c1ccc(-n2cncn2)nn1. The summed E-state index contributed by atoms with van der Waals surface area (Å²) < 4.78 is 1.48. The second-order valence-electron chi connectivity index (χ2n) is 4.20. The number of nitrogens with zero attached hydrogens (tertiary/aromatic N) is 5. The van der Waals surface area contributed by atoms with Crippen molar-refractivity contribution in [2.24, 2.45) is 0 Å². The highest BCUT2D eigenvalue weighted by molar-refractivity contribution is 7.09. The third-order valence-electron chi connectivity index (χ3n) is 2.77. The van der Waals surface area contributed by atoms with Crippen molar-refractivity contribution in [1.82, 2.24) is 30.3 Å². The van der Waals surface area contributed by atoms with Crippen molar-refractivity contribution in [2.45, 2.75) is 6.42 Å². The molecule has 0 fully saturated rings. The molecule has 0 saturated carbocycles. The van der Waals surface area contributed by atoms with E-state index in [0.29, 0.717) is 12.4 Å². The van der Waals surface area contributed by atoms with Crippen molar-refractivity contribution in [2.75, 3.05) is 6.54 Å². The van der Waals surface area contributed by atoms with Crippen LogP contribution < -0.4 is 5.32 Å². The van der Waals surface area contributed by atoms with Gasteiger partial charge < -0.3 is 5.32 Å². The highest BCUT2D eigenvalue weighted by Gasteiger charge is 2.08. The molecule has 0 bridgehead atoms. The maximum atomic E-state index is 11.9. The summed E-state index contributed by atoms with van der Waals surface area (Å²) in [7, 11) is 0. The number of aromatic nitrogens is 5. The van der Waals surface area contributed by atoms with Gasteiger partial charge in [-0.2, -0.15) is 5.10 Å². The van der Waals surface area contributed by atoms with Crippen molar-refractivity contribution in [3.8, 4) is 5.82 Å². The third-order valence-corrected chi connectivity index (χ3v) is 3.71. The molecule has 3 aromatic heterocycles. The predicted octanol–water partition coefficient (Wildman–Crippen LogP) is 1.09. The molecule has 3 heterocycles. The summed E-state index contributed by atoms with van der Waals surface area (Å²) in [5, 5.41) is 16.6. The number of carbonyl (C=O) groups excluding carboxylic acids is 1. The summed E-state index contributed by atoms with van der Waals surface area (Å²) in [6.45, 7) is 0.575. The first-order valence-corrected chi connectivity index (χ1v) is 7.20. The minimum atomic E-state index is -0.232. The number of hydrogen-bond donors (Lipinski definition) is 1. The maximum absolute atomic E-state index is 11.9. The van der Waals surface area contributed by atoms with Gasteiger partial charge >= 0.3 is 0 Å². The highest BCUT2D eigenvalue weighted by atomic mass is 32.1. The molecule has 1 amide bonds. The van der Waals surface area contributed by atoms with Crippen LogP contribution >= 0.6 is 11.3 Å². The van der Waals surface area contributed by atoms with E-state index in [-0.39, 0.29) is 11.6 Å². The summed E-state index contributed by atoms with van der Waals surface area (Å²) in [6.07, 6.45) is 3.74. The van der Waals surface area contributed by atoms with Gasteiger partial charge in [0.1, 0.15) is 12.7 Å². The Morgan fingerprint density at radius 1 is 1.29 bits per heavy atom. The van der Waals surface area contributed by atoms with Crippen molar-refractivity contribution >= 4 is 17.2 Å². The largest absolute Gasteiger partial charge is 0.350 e. The van der Waals surface area contributed by atoms with Gasteiger partial charge in [-0.3, -0.25) is 4.79 Å². The summed E-state index contributed by atoms with van der Waals surface area (Å²) in [4.78, 5) is 17.0. The van der Waals surface area contributed by atoms with Crippen LogP contribution in [0.25, 0.3) is 5.82 Å². The van der Waals surface area contributed by atoms with E-state index >= 15 is 0 Å². The first-order valence-electron chi connectivity index (χ1n) is 6.32. The zero-order chi connectivity index (χ0) is 14.5. The molecule has 7 nitrogen and oxygen atoms in total. The molecule has 0 saturated heterocycles. The number of nitrogens with one attached hydrogen (secondary N) is 1. The predicted molar refractivity (Wildman–Crippen MR) is 77.3 cm³/mol. The van der Waals surface area contributed by atoms with E-state index in [1.165, 1.54) is 22.2 Å². The number of thiophene rings is 1. The van der Waals surface area contributed by atoms with Gasteiger partial charge in [-0.05, 0) is 30.0 Å². The first-order chi connectivity index (χ1) is 10.3. The van der Waals surface area contributed by atoms with Gasteiger partial charge in [0.2, 0.25) is 0 Å². The average Bonchev–Trinajstić information content (AvgIpc) is 3.21. The van der Waals surface area contributed by atoms with E-state index in [0.717, 1.165) is 6.42 Å². The molecule has 1 N–H and O–H groups in total. The molecule has 0 aromatic carbocycles. The fraction of sp³-hybridized carbons (Fsp3) is 0.154. The molecular weight excluding hydrogens is 288 g/mol. The van der Waals surface area contributed by atoms with Crippen LogP contribution in [0.3, 0.4) is 0 Å². The molecule has 3 rings (SSSR count). The van der Waals surface area contributed by atoms with Gasteiger partial charge in [0.15, 0.2) is 11.5 Å².